The lowest BCUT2D eigenvalue weighted by Crippen LogP contribution is -2.15. The number of esters is 3. The lowest BCUT2D eigenvalue weighted by Gasteiger charge is -2.07. The average Bonchev–Trinajstić information content (AvgIpc) is 2.83. The minimum atomic E-state index is -0.809. The van der Waals surface area contributed by atoms with Crippen molar-refractivity contribution in [3.63, 3.8) is 0 Å². The van der Waals surface area contributed by atoms with Gasteiger partial charge in [-0.3, -0.25) is 14.4 Å². The Morgan fingerprint density at radius 1 is 0.941 bits per heavy atom. The summed E-state index contributed by atoms with van der Waals surface area (Å²) in [4.78, 5) is 55.8. The Morgan fingerprint density at radius 2 is 1.53 bits per heavy atom. The number of nitrogens with two attached hydrogens (primary N) is 1. The second-order valence-electron chi connectivity index (χ2n) is 6.31. The third-order valence-electron chi connectivity index (χ3n) is 3.97. The molecule has 34 heavy (non-hydrogen) atoms. The minimum absolute atomic E-state index is 0.124. The van der Waals surface area contributed by atoms with E-state index in [1.807, 2.05) is 0 Å². The predicted molar refractivity (Wildman–Crippen MR) is 119 cm³/mol. The molecule has 0 spiro atoms. The quantitative estimate of drug-likeness (QED) is 0.0990. The number of hydrazone groups is 1. The third kappa shape index (κ3) is 10.2. The molecule has 0 aliphatic carbocycles. The molecule has 180 valence electrons. The van der Waals surface area contributed by atoms with E-state index in [-0.39, 0.29) is 43.9 Å². The summed E-state index contributed by atoms with van der Waals surface area (Å²) in [5.74, 6) is 3.05. The number of carbonyl (C=O) groups is 5. The van der Waals surface area contributed by atoms with Gasteiger partial charge in [-0.2, -0.15) is 5.10 Å². The largest absolute Gasteiger partial charge is 0.483 e. The zero-order valence-corrected chi connectivity index (χ0v) is 18.3. The lowest BCUT2D eigenvalue weighted by molar-refractivity contribution is -0.145. The Morgan fingerprint density at radius 3 is 2.09 bits per heavy atom. The van der Waals surface area contributed by atoms with Crippen molar-refractivity contribution in [1.82, 2.24) is 0 Å². The molecule has 0 amide bonds. The van der Waals surface area contributed by atoms with Gasteiger partial charge in [-0.25, -0.2) is 9.59 Å². The van der Waals surface area contributed by atoms with Gasteiger partial charge in [0.05, 0.1) is 24.8 Å². The molecule has 3 N–H and O–H groups in total. The van der Waals surface area contributed by atoms with Crippen LogP contribution in [0.2, 0.25) is 0 Å². The van der Waals surface area contributed by atoms with Crippen LogP contribution in [0.3, 0.4) is 0 Å². The van der Waals surface area contributed by atoms with E-state index in [0.717, 1.165) is 0 Å². The number of nitrogens with zero attached hydrogens (tertiary/aromatic N) is 1. The van der Waals surface area contributed by atoms with Crippen molar-refractivity contribution in [2.45, 2.75) is 19.8 Å². The van der Waals surface area contributed by atoms with E-state index in [0.29, 0.717) is 16.9 Å². The van der Waals surface area contributed by atoms with E-state index in [9.17, 15) is 19.2 Å². The first-order valence-electron chi connectivity index (χ1n) is 9.92. The second-order valence-corrected chi connectivity index (χ2v) is 6.31. The number of carboxylic acid groups (broad SMARTS) is 1. The van der Waals surface area contributed by atoms with Gasteiger partial charge < -0.3 is 25.2 Å². The highest BCUT2D eigenvalue weighted by Gasteiger charge is 2.15. The molecule has 2 aromatic rings. The zero-order valence-electron chi connectivity index (χ0n) is 18.3. The molecule has 0 heterocycles. The van der Waals surface area contributed by atoms with Crippen LogP contribution in [0.25, 0.3) is 0 Å². The molecule has 2 rings (SSSR count). The molecule has 11 nitrogen and oxygen atoms in total. The average molecular weight is 472 g/mol. The number of ether oxygens (including phenoxy) is 3. The molecule has 0 atom stereocenters. The summed E-state index contributed by atoms with van der Waals surface area (Å²) >= 11 is 0. The molecule has 0 aliphatic heterocycles. The summed E-state index contributed by atoms with van der Waals surface area (Å²) in [7, 11) is 0. The lowest BCUT2D eigenvalue weighted by atomic mass is 10.1. The molecule has 0 aliphatic rings. The highest BCUT2D eigenvalue weighted by atomic mass is 16.6. The summed E-state index contributed by atoms with van der Waals surface area (Å²) in [5, 5.41) is 10.3. The number of carbonyl (C=O) groups excluding carboxylic acids is 4. The van der Waals surface area contributed by atoms with E-state index in [1.165, 1.54) is 42.6 Å². The Kier molecular flexibility index (Phi) is 12.4. The van der Waals surface area contributed by atoms with Crippen molar-refractivity contribution in [3.05, 3.63) is 65.2 Å². The summed E-state index contributed by atoms with van der Waals surface area (Å²) in [6.45, 7) is 1.48. The standard InChI is InChI=1S/C22H22N2O7.CH2O2/c1-2-29-21(27)14-30-18-9-7-16(8-10-18)19(25)11-12-20(26)31-22(28)17-5-3-15(4-6-17)13-24-23;2-1-3/h3-10,13H,2,11-12,14,23H2,1H3;1H,(H,2,3). The number of ketones is 1. The molecule has 2 aromatic carbocycles. The number of benzene rings is 2. The van der Waals surface area contributed by atoms with E-state index in [4.69, 9.17) is 30.0 Å². The van der Waals surface area contributed by atoms with Gasteiger partial charge in [-0.05, 0) is 48.9 Å². The normalized spacial score (nSPS) is 9.91. The summed E-state index contributed by atoms with van der Waals surface area (Å²) in [5.41, 5.74) is 1.24. The number of hydrogen-bond acceptors (Lipinski definition) is 10. The van der Waals surface area contributed by atoms with Crippen LogP contribution in [0.1, 0.15) is 46.0 Å². The van der Waals surface area contributed by atoms with E-state index in [1.54, 1.807) is 19.1 Å². The van der Waals surface area contributed by atoms with Gasteiger partial charge in [0, 0.05) is 12.0 Å². The van der Waals surface area contributed by atoms with Crippen LogP contribution in [0.15, 0.2) is 53.6 Å². The van der Waals surface area contributed by atoms with Crippen molar-refractivity contribution in [3.8, 4) is 5.75 Å². The van der Waals surface area contributed by atoms with Crippen molar-refractivity contribution in [2.24, 2.45) is 10.9 Å². The van der Waals surface area contributed by atoms with Gasteiger partial charge in [0.1, 0.15) is 5.75 Å². The van der Waals surface area contributed by atoms with E-state index >= 15 is 0 Å². The smallest absolute Gasteiger partial charge is 0.345 e. The maximum absolute atomic E-state index is 12.2. The molecule has 0 saturated carbocycles. The molecule has 11 heteroatoms. The van der Waals surface area contributed by atoms with E-state index in [2.05, 4.69) is 5.10 Å². The Balaban J connectivity index is 0.00000182. The van der Waals surface area contributed by atoms with Crippen LogP contribution in [-0.4, -0.2) is 54.7 Å². The van der Waals surface area contributed by atoms with Crippen molar-refractivity contribution >= 4 is 36.4 Å². The first-order valence-corrected chi connectivity index (χ1v) is 9.92. The molecule has 0 fully saturated rings. The third-order valence-corrected chi connectivity index (χ3v) is 3.97. The topological polar surface area (TPSA) is 172 Å². The maximum atomic E-state index is 12.2. The van der Waals surface area contributed by atoms with Gasteiger partial charge in [-0.15, -0.1) is 0 Å². The minimum Gasteiger partial charge on any atom is -0.483 e. The first kappa shape index (κ1) is 27.5. The highest BCUT2D eigenvalue weighted by Crippen LogP contribution is 2.15. The fourth-order valence-electron chi connectivity index (χ4n) is 2.45. The van der Waals surface area contributed by atoms with Crippen LogP contribution < -0.4 is 10.6 Å². The Labute approximate surface area is 195 Å². The molecule has 0 unspecified atom stereocenters. The summed E-state index contributed by atoms with van der Waals surface area (Å²) in [6, 6.07) is 12.3. The highest BCUT2D eigenvalue weighted by molar-refractivity contribution is 6.00. The maximum Gasteiger partial charge on any atom is 0.345 e. The van der Waals surface area contributed by atoms with Crippen LogP contribution in [0.4, 0.5) is 0 Å². The zero-order chi connectivity index (χ0) is 25.3. The van der Waals surface area contributed by atoms with Crippen LogP contribution in [0.5, 0.6) is 5.75 Å². The fraction of sp³-hybridized carbons (Fsp3) is 0.217. The Bertz CT molecular complexity index is 1000. The molecular formula is C23H24N2O9. The number of Topliss-reactive ketones (excluding diaryl/α,β-unsaturated/α-hetero) is 1. The predicted octanol–water partition coefficient (Wildman–Crippen LogP) is 1.97. The number of hydrogen-bond donors (Lipinski definition) is 2. The van der Waals surface area contributed by atoms with Gasteiger partial charge in [-0.1, -0.05) is 12.1 Å². The van der Waals surface area contributed by atoms with Gasteiger partial charge in [0.25, 0.3) is 6.47 Å². The van der Waals surface area contributed by atoms with Crippen molar-refractivity contribution in [2.75, 3.05) is 13.2 Å². The monoisotopic (exact) mass is 472 g/mol. The molecule has 0 bridgehead atoms. The molecule has 0 saturated heterocycles. The fourth-order valence-corrected chi connectivity index (χ4v) is 2.45. The first-order chi connectivity index (χ1) is 16.3. The van der Waals surface area contributed by atoms with Crippen molar-refractivity contribution in [1.29, 1.82) is 0 Å². The van der Waals surface area contributed by atoms with Gasteiger partial charge >= 0.3 is 17.9 Å². The van der Waals surface area contributed by atoms with Crippen molar-refractivity contribution < 1.29 is 43.3 Å². The molecular weight excluding hydrogens is 448 g/mol. The number of rotatable bonds is 10. The summed E-state index contributed by atoms with van der Waals surface area (Å²) in [6.07, 6.45) is 1.04. The van der Waals surface area contributed by atoms with E-state index < -0.39 is 17.9 Å². The Hall–Kier alpha value is -4.54. The van der Waals surface area contributed by atoms with Gasteiger partial charge in [0.15, 0.2) is 12.4 Å². The van der Waals surface area contributed by atoms with Crippen LogP contribution >= 0.6 is 0 Å². The molecule has 0 aromatic heterocycles. The van der Waals surface area contributed by atoms with Crippen LogP contribution in [-0.2, 0) is 23.9 Å². The second kappa shape index (κ2) is 15.3. The molecule has 0 radical (unpaired) electrons. The summed E-state index contributed by atoms with van der Waals surface area (Å²) < 4.78 is 14.8. The van der Waals surface area contributed by atoms with Gasteiger partial charge in [0.2, 0.25) is 0 Å². The van der Waals surface area contributed by atoms with Crippen LogP contribution in [0, 0.1) is 0 Å². The SMILES string of the molecule is CCOC(=O)COc1ccc(C(=O)CCC(=O)OC(=O)c2ccc(C=NN)cc2)cc1.O=CO.